The molecule has 1 heterocycles. The number of hydrogen-bond acceptors (Lipinski definition) is 2. The molecule has 2 aromatic rings. The summed E-state index contributed by atoms with van der Waals surface area (Å²) in [5.41, 5.74) is 1.50. The van der Waals surface area contributed by atoms with Crippen molar-refractivity contribution in [3.05, 3.63) is 34.7 Å². The molecule has 0 spiro atoms. The van der Waals surface area contributed by atoms with Crippen LogP contribution in [0.25, 0.3) is 10.9 Å². The molecule has 0 radical (unpaired) electrons. The Morgan fingerprint density at radius 1 is 1.29 bits per heavy atom. The van der Waals surface area contributed by atoms with E-state index in [-0.39, 0.29) is 5.75 Å². The van der Waals surface area contributed by atoms with E-state index in [4.69, 9.17) is 16.3 Å². The predicted molar refractivity (Wildman–Crippen MR) is 67.3 cm³/mol. The minimum absolute atomic E-state index is 0.256. The Hall–Kier alpha value is -1.35. The van der Waals surface area contributed by atoms with Gasteiger partial charge in [0.15, 0.2) is 11.6 Å². The number of nitrogens with zero attached hydrogens (tertiary/aromatic N) is 1. The van der Waals surface area contributed by atoms with Gasteiger partial charge < -0.3 is 4.74 Å². The molecular formula is C13H13ClFNO. The maximum absolute atomic E-state index is 13.6. The largest absolute Gasteiger partial charge is 0.491 e. The van der Waals surface area contributed by atoms with E-state index in [0.717, 1.165) is 17.4 Å². The Morgan fingerprint density at radius 2 is 2.06 bits per heavy atom. The van der Waals surface area contributed by atoms with Gasteiger partial charge in [0.05, 0.1) is 12.1 Å². The highest BCUT2D eigenvalue weighted by Crippen LogP contribution is 2.27. The second-order valence-corrected chi connectivity index (χ2v) is 4.06. The van der Waals surface area contributed by atoms with E-state index in [1.807, 2.05) is 19.9 Å². The Morgan fingerprint density at radius 3 is 2.71 bits per heavy atom. The van der Waals surface area contributed by atoms with Crippen LogP contribution < -0.4 is 4.74 Å². The topological polar surface area (TPSA) is 22.1 Å². The van der Waals surface area contributed by atoms with Crippen molar-refractivity contribution in [2.75, 3.05) is 6.61 Å². The summed E-state index contributed by atoms with van der Waals surface area (Å²) in [7, 11) is 0. The third-order valence-electron chi connectivity index (χ3n) is 2.58. The minimum atomic E-state index is -0.410. The lowest BCUT2D eigenvalue weighted by atomic mass is 10.1. The predicted octanol–water partition coefficient (Wildman–Crippen LogP) is 3.99. The van der Waals surface area contributed by atoms with Crippen molar-refractivity contribution in [1.82, 2.24) is 4.98 Å². The molecule has 2 rings (SSSR count). The molecule has 0 saturated carbocycles. The number of fused-ring (bicyclic) bond motifs is 1. The number of benzene rings is 1. The Kier molecular flexibility index (Phi) is 3.48. The Balaban J connectivity index is 2.62. The summed E-state index contributed by atoms with van der Waals surface area (Å²) in [6.07, 6.45) is 0.795. The molecule has 1 aromatic carbocycles. The van der Waals surface area contributed by atoms with Crippen molar-refractivity contribution in [2.24, 2.45) is 0 Å². The van der Waals surface area contributed by atoms with Gasteiger partial charge in [0.2, 0.25) is 0 Å². The van der Waals surface area contributed by atoms with Crippen molar-refractivity contribution in [2.45, 2.75) is 20.3 Å². The molecule has 1 aromatic heterocycles. The van der Waals surface area contributed by atoms with Gasteiger partial charge in [-0.2, -0.15) is 0 Å². The Labute approximate surface area is 104 Å². The van der Waals surface area contributed by atoms with Crippen LogP contribution >= 0.6 is 11.6 Å². The van der Waals surface area contributed by atoms with Gasteiger partial charge in [-0.1, -0.05) is 18.5 Å². The first-order valence-electron chi connectivity index (χ1n) is 5.57. The number of halogens is 2. The average molecular weight is 254 g/mol. The first-order chi connectivity index (χ1) is 8.15. The van der Waals surface area contributed by atoms with Crippen molar-refractivity contribution in [3.8, 4) is 5.75 Å². The van der Waals surface area contributed by atoms with E-state index in [1.165, 1.54) is 6.07 Å². The van der Waals surface area contributed by atoms with Gasteiger partial charge in [-0.05, 0) is 31.0 Å². The minimum Gasteiger partial charge on any atom is -0.491 e. The van der Waals surface area contributed by atoms with Gasteiger partial charge in [-0.3, -0.25) is 0 Å². The molecule has 0 aliphatic rings. The van der Waals surface area contributed by atoms with Crippen LogP contribution in [0.3, 0.4) is 0 Å². The third kappa shape index (κ3) is 2.34. The molecule has 0 atom stereocenters. The zero-order chi connectivity index (χ0) is 12.4. The molecule has 4 heteroatoms. The molecule has 0 bridgehead atoms. The fraction of sp³-hybridized carbons (Fsp3) is 0.308. The summed E-state index contributed by atoms with van der Waals surface area (Å²) in [5, 5.41) is 1.28. The second-order valence-electron chi connectivity index (χ2n) is 3.70. The van der Waals surface area contributed by atoms with E-state index in [1.54, 1.807) is 6.07 Å². The summed E-state index contributed by atoms with van der Waals surface area (Å²) in [6, 6.07) is 4.94. The molecule has 0 N–H and O–H groups in total. The molecule has 2 nitrogen and oxygen atoms in total. The summed E-state index contributed by atoms with van der Waals surface area (Å²) in [6.45, 7) is 4.26. The molecule has 0 fully saturated rings. The lowest BCUT2D eigenvalue weighted by molar-refractivity contribution is 0.322. The average Bonchev–Trinajstić information content (AvgIpc) is 2.30. The van der Waals surface area contributed by atoms with Crippen LogP contribution in [0.4, 0.5) is 4.39 Å². The molecule has 0 saturated heterocycles. The molecule has 0 amide bonds. The third-order valence-corrected chi connectivity index (χ3v) is 2.90. The summed E-state index contributed by atoms with van der Waals surface area (Å²) in [5.74, 6) is -0.154. The second kappa shape index (κ2) is 4.88. The van der Waals surface area contributed by atoms with Crippen LogP contribution in [0.1, 0.15) is 19.4 Å². The monoisotopic (exact) mass is 253 g/mol. The molecule has 0 unspecified atom stereocenters. The van der Waals surface area contributed by atoms with Crippen LogP contribution in [0.2, 0.25) is 5.15 Å². The van der Waals surface area contributed by atoms with E-state index < -0.39 is 5.82 Å². The fourth-order valence-corrected chi connectivity index (χ4v) is 1.99. The van der Waals surface area contributed by atoms with Crippen LogP contribution in [-0.4, -0.2) is 11.6 Å². The number of hydrogen-bond donors (Lipinski definition) is 0. The molecular weight excluding hydrogens is 241 g/mol. The summed E-state index contributed by atoms with van der Waals surface area (Å²) >= 11 is 5.99. The fourth-order valence-electron chi connectivity index (χ4n) is 1.71. The Bertz CT molecular complexity index is 557. The number of rotatable bonds is 3. The van der Waals surface area contributed by atoms with Crippen molar-refractivity contribution < 1.29 is 9.13 Å². The number of ether oxygens (including phenoxy) is 1. The summed E-state index contributed by atoms with van der Waals surface area (Å²) in [4.78, 5) is 4.18. The first kappa shape index (κ1) is 12.1. The van der Waals surface area contributed by atoms with Crippen molar-refractivity contribution >= 4 is 22.5 Å². The van der Waals surface area contributed by atoms with Crippen molar-refractivity contribution in [3.63, 3.8) is 0 Å². The lowest BCUT2D eigenvalue weighted by Gasteiger charge is -2.08. The van der Waals surface area contributed by atoms with Crippen LogP contribution in [0.5, 0.6) is 5.75 Å². The van der Waals surface area contributed by atoms with Gasteiger partial charge >= 0.3 is 0 Å². The highest BCUT2D eigenvalue weighted by Gasteiger charge is 2.09. The zero-order valence-corrected chi connectivity index (χ0v) is 10.5. The maximum Gasteiger partial charge on any atom is 0.167 e. The van der Waals surface area contributed by atoms with E-state index in [2.05, 4.69) is 4.98 Å². The highest BCUT2D eigenvalue weighted by atomic mass is 35.5. The summed E-state index contributed by atoms with van der Waals surface area (Å²) < 4.78 is 18.8. The first-order valence-corrected chi connectivity index (χ1v) is 5.95. The zero-order valence-electron chi connectivity index (χ0n) is 9.76. The van der Waals surface area contributed by atoms with Gasteiger partial charge in [0, 0.05) is 11.5 Å². The van der Waals surface area contributed by atoms with Crippen LogP contribution in [-0.2, 0) is 6.42 Å². The van der Waals surface area contributed by atoms with Crippen LogP contribution in [0, 0.1) is 5.82 Å². The molecule has 17 heavy (non-hydrogen) atoms. The SMILES string of the molecule is CCOc1cc2cc(CC)c(Cl)nc2cc1F. The highest BCUT2D eigenvalue weighted by molar-refractivity contribution is 6.30. The number of aromatic nitrogens is 1. The van der Waals surface area contributed by atoms with Gasteiger partial charge in [0.25, 0.3) is 0 Å². The van der Waals surface area contributed by atoms with Crippen molar-refractivity contribution in [1.29, 1.82) is 0 Å². The number of pyridine rings is 1. The normalized spacial score (nSPS) is 10.8. The van der Waals surface area contributed by atoms with E-state index in [0.29, 0.717) is 17.3 Å². The van der Waals surface area contributed by atoms with Gasteiger partial charge in [0.1, 0.15) is 5.15 Å². The van der Waals surface area contributed by atoms with Gasteiger partial charge in [-0.15, -0.1) is 0 Å². The van der Waals surface area contributed by atoms with Gasteiger partial charge in [-0.25, -0.2) is 9.37 Å². The standard InChI is InChI=1S/C13H13ClFNO/c1-3-8-5-9-6-12(17-4-2)10(15)7-11(9)16-13(8)14/h5-7H,3-4H2,1-2H3. The smallest absolute Gasteiger partial charge is 0.167 e. The van der Waals surface area contributed by atoms with E-state index in [9.17, 15) is 4.39 Å². The quantitative estimate of drug-likeness (QED) is 0.772. The molecule has 0 aliphatic carbocycles. The lowest BCUT2D eigenvalue weighted by Crippen LogP contribution is -1.96. The number of aryl methyl sites for hydroxylation is 1. The molecule has 90 valence electrons. The van der Waals surface area contributed by atoms with E-state index >= 15 is 0 Å². The van der Waals surface area contributed by atoms with Crippen LogP contribution in [0.15, 0.2) is 18.2 Å². The maximum atomic E-state index is 13.6. The molecule has 0 aliphatic heterocycles.